The summed E-state index contributed by atoms with van der Waals surface area (Å²) >= 11 is 0. The van der Waals surface area contributed by atoms with Crippen LogP contribution in [0.15, 0.2) is 60.3 Å². The van der Waals surface area contributed by atoms with Crippen LogP contribution in [0.4, 0.5) is 0 Å². The smallest absolute Gasteiger partial charge is 0.161 e. The molecule has 3 aliphatic carbocycles. The molecule has 1 fully saturated rings. The molecule has 31 heavy (non-hydrogen) atoms. The van der Waals surface area contributed by atoms with Crippen LogP contribution in [-0.2, 0) is 13.0 Å². The van der Waals surface area contributed by atoms with Gasteiger partial charge in [0.1, 0.15) is 5.75 Å². The first-order valence-electron chi connectivity index (χ1n) is 11.8. The van der Waals surface area contributed by atoms with Crippen molar-refractivity contribution in [1.29, 1.82) is 0 Å². The van der Waals surface area contributed by atoms with Gasteiger partial charge >= 0.3 is 0 Å². The second-order valence-corrected chi connectivity index (χ2v) is 9.47. The summed E-state index contributed by atoms with van der Waals surface area (Å²) in [5, 5.41) is 0. The predicted octanol–water partition coefficient (Wildman–Crippen LogP) is 6.16. The highest BCUT2D eigenvalue weighted by molar-refractivity contribution is 5.48. The predicted molar refractivity (Wildman–Crippen MR) is 125 cm³/mol. The van der Waals surface area contributed by atoms with Crippen molar-refractivity contribution in [2.24, 2.45) is 11.8 Å². The van der Waals surface area contributed by atoms with Crippen LogP contribution in [0.1, 0.15) is 66.3 Å². The lowest BCUT2D eigenvalue weighted by Gasteiger charge is -2.34. The van der Waals surface area contributed by atoms with Crippen LogP contribution in [0, 0.1) is 23.7 Å². The highest BCUT2D eigenvalue weighted by Crippen LogP contribution is 2.49. The van der Waals surface area contributed by atoms with Gasteiger partial charge in [0.15, 0.2) is 6.73 Å². The normalized spacial score (nSPS) is 24.2. The molecule has 2 heteroatoms. The summed E-state index contributed by atoms with van der Waals surface area (Å²) < 4.78 is 6.14. The molecule has 0 bridgehead atoms. The van der Waals surface area contributed by atoms with Crippen LogP contribution in [-0.4, -0.2) is 11.6 Å². The Labute approximate surface area is 185 Å². The van der Waals surface area contributed by atoms with Gasteiger partial charge in [-0.15, -0.1) is 0 Å². The largest absolute Gasteiger partial charge is 0.473 e. The fourth-order valence-corrected chi connectivity index (χ4v) is 5.32. The Morgan fingerprint density at radius 2 is 1.94 bits per heavy atom. The van der Waals surface area contributed by atoms with Crippen LogP contribution in [0.5, 0.6) is 5.75 Å². The Morgan fingerprint density at radius 3 is 2.87 bits per heavy atom. The average Bonchev–Trinajstić information content (AvgIpc) is 3.58. The van der Waals surface area contributed by atoms with E-state index in [0.717, 1.165) is 31.1 Å². The number of rotatable bonds is 3. The highest BCUT2D eigenvalue weighted by Gasteiger charge is 2.42. The zero-order valence-electron chi connectivity index (χ0n) is 18.2. The van der Waals surface area contributed by atoms with Gasteiger partial charge in [0.2, 0.25) is 0 Å². The van der Waals surface area contributed by atoms with Crippen LogP contribution >= 0.6 is 0 Å². The van der Waals surface area contributed by atoms with E-state index in [2.05, 4.69) is 78.3 Å². The Bertz CT molecular complexity index is 1150. The molecule has 0 radical (unpaired) electrons. The van der Waals surface area contributed by atoms with E-state index in [4.69, 9.17) is 4.74 Å². The van der Waals surface area contributed by atoms with Crippen molar-refractivity contribution < 1.29 is 4.74 Å². The first-order valence-corrected chi connectivity index (χ1v) is 11.8. The van der Waals surface area contributed by atoms with Crippen molar-refractivity contribution in [1.82, 2.24) is 4.90 Å². The number of hydrogen-bond donors (Lipinski definition) is 0. The lowest BCUT2D eigenvalue weighted by molar-refractivity contribution is 0.121. The topological polar surface area (TPSA) is 12.5 Å². The fourth-order valence-electron chi connectivity index (χ4n) is 5.32. The van der Waals surface area contributed by atoms with E-state index in [1.807, 2.05) is 0 Å². The van der Waals surface area contributed by atoms with Gasteiger partial charge in [0.05, 0.1) is 0 Å². The standard InChI is InChI=1S/C29H29NO/c1-20(22-12-11-21-7-4-2-3-5-8-24(21)15-22)23-13-14-29-26(16-23)18-30(19-31-29)28-10-6-9-25-17-27(25)28/h6,9-16,20,25,27H,2-3,5,8,17-19H2,1H3/t20?,25?,27-/m0/s1. The molecule has 1 aliphatic heterocycles. The monoisotopic (exact) mass is 407 g/mol. The fraction of sp³-hybridized carbons (Fsp3) is 0.379. The summed E-state index contributed by atoms with van der Waals surface area (Å²) in [6, 6.07) is 13.7. The van der Waals surface area contributed by atoms with Crippen molar-refractivity contribution in [2.45, 2.75) is 51.5 Å². The lowest BCUT2D eigenvalue weighted by Crippen LogP contribution is -2.32. The Morgan fingerprint density at radius 1 is 1.06 bits per heavy atom. The molecule has 0 spiro atoms. The van der Waals surface area contributed by atoms with Crippen LogP contribution in [0.25, 0.3) is 0 Å². The zero-order chi connectivity index (χ0) is 20.8. The molecule has 0 aromatic heterocycles. The molecule has 156 valence electrons. The van der Waals surface area contributed by atoms with Crippen LogP contribution in [0.3, 0.4) is 0 Å². The number of nitrogens with zero attached hydrogens (tertiary/aromatic N) is 1. The molecule has 6 rings (SSSR count). The van der Waals surface area contributed by atoms with Crippen LogP contribution < -0.4 is 4.74 Å². The molecule has 1 saturated carbocycles. The molecule has 2 nitrogen and oxygen atoms in total. The molecule has 0 amide bonds. The molecule has 2 aromatic carbocycles. The molecule has 2 unspecified atom stereocenters. The summed E-state index contributed by atoms with van der Waals surface area (Å²) in [6.45, 7) is 3.93. The molecule has 2 aromatic rings. The van der Waals surface area contributed by atoms with Crippen molar-refractivity contribution in [3.05, 3.63) is 88.1 Å². The van der Waals surface area contributed by atoms with Gasteiger partial charge in [-0.05, 0) is 72.6 Å². The first-order chi connectivity index (χ1) is 15.3. The van der Waals surface area contributed by atoms with Crippen molar-refractivity contribution in [3.63, 3.8) is 0 Å². The lowest BCUT2D eigenvalue weighted by atomic mass is 9.88. The average molecular weight is 408 g/mol. The van der Waals surface area contributed by atoms with Gasteiger partial charge in [-0.2, -0.15) is 0 Å². The van der Waals surface area contributed by atoms with Gasteiger partial charge in [-0.3, -0.25) is 0 Å². The second kappa shape index (κ2) is 7.65. The number of fused-ring (bicyclic) bond motifs is 3. The molecular weight excluding hydrogens is 378 g/mol. The maximum atomic E-state index is 6.14. The van der Waals surface area contributed by atoms with Gasteiger partial charge in [-0.25, -0.2) is 0 Å². The molecule has 0 N–H and O–H groups in total. The summed E-state index contributed by atoms with van der Waals surface area (Å²) in [6.07, 6.45) is 12.8. The van der Waals surface area contributed by atoms with Gasteiger partial charge < -0.3 is 9.64 Å². The van der Waals surface area contributed by atoms with Crippen molar-refractivity contribution in [3.8, 4) is 17.6 Å². The SMILES string of the molecule is CC(c1ccc2c(c1)CCCCC#C2)c1ccc2c(c1)CN(C1=CC=CC3C[C@H]13)CO2. The second-order valence-electron chi connectivity index (χ2n) is 9.47. The van der Waals surface area contributed by atoms with E-state index in [1.54, 1.807) is 0 Å². The maximum absolute atomic E-state index is 6.14. The van der Waals surface area contributed by atoms with E-state index >= 15 is 0 Å². The quantitative estimate of drug-likeness (QED) is 0.565. The van der Waals surface area contributed by atoms with Gasteiger partial charge in [-0.1, -0.05) is 49.1 Å². The number of aryl methyl sites for hydroxylation is 1. The number of benzene rings is 2. The summed E-state index contributed by atoms with van der Waals surface area (Å²) in [4.78, 5) is 2.43. The minimum atomic E-state index is 0.356. The molecular formula is C29H29NO. The summed E-state index contributed by atoms with van der Waals surface area (Å²) in [5.74, 6) is 9.56. The van der Waals surface area contributed by atoms with E-state index in [9.17, 15) is 0 Å². The Hall–Kier alpha value is -2.92. The van der Waals surface area contributed by atoms with Crippen molar-refractivity contribution in [2.75, 3.05) is 6.73 Å². The number of ether oxygens (including phenoxy) is 1. The van der Waals surface area contributed by atoms with E-state index in [-0.39, 0.29) is 0 Å². The minimum Gasteiger partial charge on any atom is -0.473 e. The van der Waals surface area contributed by atoms with E-state index in [1.165, 1.54) is 52.8 Å². The molecule has 0 saturated heterocycles. The third-order valence-corrected chi connectivity index (χ3v) is 7.38. The molecule has 3 atom stereocenters. The maximum Gasteiger partial charge on any atom is 0.161 e. The van der Waals surface area contributed by atoms with E-state index < -0.39 is 0 Å². The third kappa shape index (κ3) is 3.57. The number of allylic oxidation sites excluding steroid dienone is 4. The minimum absolute atomic E-state index is 0.356. The highest BCUT2D eigenvalue weighted by atomic mass is 16.5. The van der Waals surface area contributed by atoms with Gasteiger partial charge in [0.25, 0.3) is 0 Å². The summed E-state index contributed by atoms with van der Waals surface area (Å²) in [7, 11) is 0. The van der Waals surface area contributed by atoms with Crippen molar-refractivity contribution >= 4 is 0 Å². The van der Waals surface area contributed by atoms with Gasteiger partial charge in [0, 0.05) is 41.6 Å². The zero-order valence-corrected chi connectivity index (χ0v) is 18.2. The molecule has 4 aliphatic rings. The molecule has 1 heterocycles. The number of hydrogen-bond acceptors (Lipinski definition) is 2. The Balaban J connectivity index is 1.26. The van der Waals surface area contributed by atoms with Crippen LogP contribution in [0.2, 0.25) is 0 Å². The van der Waals surface area contributed by atoms with E-state index in [0.29, 0.717) is 18.6 Å². The third-order valence-electron chi connectivity index (χ3n) is 7.38. The summed E-state index contributed by atoms with van der Waals surface area (Å²) in [5.41, 5.74) is 8.15. The Kier molecular flexibility index (Phi) is 4.64. The first kappa shape index (κ1) is 18.8.